The highest BCUT2D eigenvalue weighted by Crippen LogP contribution is 2.34. The molecule has 0 radical (unpaired) electrons. The van der Waals surface area contributed by atoms with E-state index in [1.165, 1.54) is 0 Å². The number of nitrogens with one attached hydrogen (secondary N) is 1. The largest absolute Gasteiger partial charge is 0.330 e. The molecule has 0 saturated heterocycles. The molecule has 1 heterocycles. The molecule has 3 nitrogen and oxygen atoms in total. The van der Waals surface area contributed by atoms with E-state index in [-0.39, 0.29) is 17.6 Å². The predicted octanol–water partition coefficient (Wildman–Crippen LogP) is 2.46. The van der Waals surface area contributed by atoms with E-state index in [4.69, 9.17) is 0 Å². The molecule has 1 unspecified atom stereocenters. The molecule has 3 heteroatoms. The Morgan fingerprint density at radius 1 is 1.28 bits per heavy atom. The minimum absolute atomic E-state index is 0.0225. The Kier molecular flexibility index (Phi) is 3.32. The summed E-state index contributed by atoms with van der Waals surface area (Å²) in [6.45, 7) is 5.36. The molecule has 1 atom stereocenters. The van der Waals surface area contributed by atoms with Gasteiger partial charge < -0.3 is 5.32 Å². The molecule has 1 amide bonds. The molecule has 2 rings (SSSR count). The van der Waals surface area contributed by atoms with Crippen molar-refractivity contribution in [3.63, 3.8) is 0 Å². The molecule has 1 aliphatic rings. The molecule has 0 fully saturated rings. The second-order valence-corrected chi connectivity index (χ2v) is 4.76. The van der Waals surface area contributed by atoms with Gasteiger partial charge in [0.05, 0.1) is 0 Å². The standard InChI is InChI=1S/C15H17NO2/c1-9-6-4-5-7-12(9)13-8-14(18)16-10(2)15(13)11(3)17/h4-7,13H,8H2,1-3H3,(H,16,18). The normalized spacial score (nSPS) is 19.7. The van der Waals surface area contributed by atoms with Crippen LogP contribution in [0.25, 0.3) is 0 Å². The lowest BCUT2D eigenvalue weighted by Crippen LogP contribution is -2.33. The van der Waals surface area contributed by atoms with Crippen molar-refractivity contribution in [1.29, 1.82) is 0 Å². The molecular weight excluding hydrogens is 226 g/mol. The van der Waals surface area contributed by atoms with Crippen molar-refractivity contribution >= 4 is 11.7 Å². The Morgan fingerprint density at radius 2 is 1.94 bits per heavy atom. The van der Waals surface area contributed by atoms with E-state index in [0.717, 1.165) is 16.7 Å². The molecule has 1 aromatic carbocycles. The molecule has 1 aromatic rings. The SMILES string of the molecule is CC(=O)C1=C(C)NC(=O)CC1c1ccccc1C. The highest BCUT2D eigenvalue weighted by Gasteiger charge is 2.30. The van der Waals surface area contributed by atoms with Crippen molar-refractivity contribution in [3.8, 4) is 0 Å². The van der Waals surface area contributed by atoms with Crippen LogP contribution in [0.4, 0.5) is 0 Å². The molecule has 0 aliphatic carbocycles. The van der Waals surface area contributed by atoms with E-state index < -0.39 is 0 Å². The maximum absolute atomic E-state index is 11.8. The lowest BCUT2D eigenvalue weighted by Gasteiger charge is -2.27. The van der Waals surface area contributed by atoms with Crippen LogP contribution in [0, 0.1) is 6.92 Å². The van der Waals surface area contributed by atoms with Crippen LogP contribution in [0.1, 0.15) is 37.3 Å². The maximum atomic E-state index is 11.8. The Labute approximate surface area is 107 Å². The smallest absolute Gasteiger partial charge is 0.225 e. The number of rotatable bonds is 2. The average Bonchev–Trinajstić information content (AvgIpc) is 2.27. The van der Waals surface area contributed by atoms with Crippen LogP contribution >= 0.6 is 0 Å². The first kappa shape index (κ1) is 12.6. The van der Waals surface area contributed by atoms with Gasteiger partial charge in [-0.2, -0.15) is 0 Å². The van der Waals surface area contributed by atoms with E-state index in [1.807, 2.05) is 31.2 Å². The summed E-state index contributed by atoms with van der Waals surface area (Å²) in [4.78, 5) is 23.5. The number of carbonyl (C=O) groups is 2. The van der Waals surface area contributed by atoms with Crippen LogP contribution in [0.5, 0.6) is 0 Å². The van der Waals surface area contributed by atoms with Gasteiger partial charge in [0.25, 0.3) is 0 Å². The molecule has 1 N–H and O–H groups in total. The molecule has 94 valence electrons. The van der Waals surface area contributed by atoms with Crippen molar-refractivity contribution < 1.29 is 9.59 Å². The summed E-state index contributed by atoms with van der Waals surface area (Å²) in [5.41, 5.74) is 3.59. The highest BCUT2D eigenvalue weighted by atomic mass is 16.2. The number of hydrogen-bond acceptors (Lipinski definition) is 2. The average molecular weight is 243 g/mol. The summed E-state index contributed by atoms with van der Waals surface area (Å²) in [7, 11) is 0. The molecule has 18 heavy (non-hydrogen) atoms. The van der Waals surface area contributed by atoms with Crippen molar-refractivity contribution in [2.75, 3.05) is 0 Å². The van der Waals surface area contributed by atoms with E-state index in [1.54, 1.807) is 13.8 Å². The zero-order valence-corrected chi connectivity index (χ0v) is 10.9. The fourth-order valence-corrected chi connectivity index (χ4v) is 2.63. The second-order valence-electron chi connectivity index (χ2n) is 4.76. The van der Waals surface area contributed by atoms with Crippen molar-refractivity contribution in [2.45, 2.75) is 33.1 Å². The maximum Gasteiger partial charge on any atom is 0.225 e. The molecule has 0 saturated carbocycles. The van der Waals surface area contributed by atoms with Crippen molar-refractivity contribution in [3.05, 3.63) is 46.7 Å². The summed E-state index contributed by atoms with van der Waals surface area (Å²) in [5, 5.41) is 2.75. The molecule has 0 bridgehead atoms. The van der Waals surface area contributed by atoms with Crippen LogP contribution in [-0.2, 0) is 9.59 Å². The first-order valence-electron chi connectivity index (χ1n) is 6.07. The monoisotopic (exact) mass is 243 g/mol. The first-order chi connectivity index (χ1) is 8.50. The number of hydrogen-bond donors (Lipinski definition) is 1. The van der Waals surface area contributed by atoms with Crippen LogP contribution in [0.2, 0.25) is 0 Å². The molecule has 0 aromatic heterocycles. The van der Waals surface area contributed by atoms with Gasteiger partial charge in [0.1, 0.15) is 0 Å². The molecule has 0 spiro atoms. The van der Waals surface area contributed by atoms with Gasteiger partial charge in [-0.1, -0.05) is 24.3 Å². The third kappa shape index (κ3) is 2.21. The number of allylic oxidation sites excluding steroid dienone is 2. The first-order valence-corrected chi connectivity index (χ1v) is 6.07. The van der Waals surface area contributed by atoms with Crippen LogP contribution < -0.4 is 5.32 Å². The zero-order valence-electron chi connectivity index (χ0n) is 10.9. The Balaban J connectivity index is 2.54. The van der Waals surface area contributed by atoms with E-state index >= 15 is 0 Å². The van der Waals surface area contributed by atoms with E-state index in [2.05, 4.69) is 5.32 Å². The van der Waals surface area contributed by atoms with E-state index in [9.17, 15) is 9.59 Å². The number of ketones is 1. The van der Waals surface area contributed by atoms with Crippen molar-refractivity contribution in [2.24, 2.45) is 0 Å². The highest BCUT2D eigenvalue weighted by molar-refractivity contribution is 5.99. The Hall–Kier alpha value is -1.90. The van der Waals surface area contributed by atoms with Crippen LogP contribution in [-0.4, -0.2) is 11.7 Å². The topological polar surface area (TPSA) is 46.2 Å². The minimum atomic E-state index is -0.113. The summed E-state index contributed by atoms with van der Waals surface area (Å²) >= 11 is 0. The number of carbonyl (C=O) groups excluding carboxylic acids is 2. The van der Waals surface area contributed by atoms with Crippen molar-refractivity contribution in [1.82, 2.24) is 5.32 Å². The van der Waals surface area contributed by atoms with Gasteiger partial charge in [-0.3, -0.25) is 9.59 Å². The van der Waals surface area contributed by atoms with Crippen LogP contribution in [0.15, 0.2) is 35.5 Å². The minimum Gasteiger partial charge on any atom is -0.330 e. The Morgan fingerprint density at radius 3 is 2.56 bits per heavy atom. The summed E-state index contributed by atoms with van der Waals surface area (Å²) in [6, 6.07) is 7.91. The summed E-state index contributed by atoms with van der Waals surface area (Å²) in [6.07, 6.45) is 0.344. The second kappa shape index (κ2) is 4.77. The number of Topliss-reactive ketones (excluding diaryl/α,β-unsaturated/α-hetero) is 1. The van der Waals surface area contributed by atoms with E-state index in [0.29, 0.717) is 12.1 Å². The number of aryl methyl sites for hydroxylation is 1. The molecular formula is C15H17NO2. The van der Waals surface area contributed by atoms with Crippen LogP contribution in [0.3, 0.4) is 0 Å². The molecule has 1 aliphatic heterocycles. The van der Waals surface area contributed by atoms with Gasteiger partial charge in [0, 0.05) is 23.6 Å². The third-order valence-corrected chi connectivity index (χ3v) is 3.41. The fraction of sp³-hybridized carbons (Fsp3) is 0.333. The van der Waals surface area contributed by atoms with Gasteiger partial charge in [0.15, 0.2) is 5.78 Å². The summed E-state index contributed by atoms with van der Waals surface area (Å²) in [5.74, 6) is -0.107. The third-order valence-electron chi connectivity index (χ3n) is 3.41. The lowest BCUT2D eigenvalue weighted by molar-refractivity contribution is -0.121. The zero-order chi connectivity index (χ0) is 13.3. The summed E-state index contributed by atoms with van der Waals surface area (Å²) < 4.78 is 0. The predicted molar refractivity (Wildman–Crippen MR) is 70.1 cm³/mol. The quantitative estimate of drug-likeness (QED) is 0.867. The van der Waals surface area contributed by atoms with Gasteiger partial charge in [0.2, 0.25) is 5.91 Å². The Bertz CT molecular complexity index is 543. The lowest BCUT2D eigenvalue weighted by atomic mass is 9.81. The fourth-order valence-electron chi connectivity index (χ4n) is 2.63. The van der Waals surface area contributed by atoms with Gasteiger partial charge in [-0.25, -0.2) is 0 Å². The van der Waals surface area contributed by atoms with Gasteiger partial charge in [-0.05, 0) is 31.9 Å². The number of amides is 1. The van der Waals surface area contributed by atoms with Gasteiger partial charge >= 0.3 is 0 Å². The number of benzene rings is 1. The van der Waals surface area contributed by atoms with Gasteiger partial charge in [-0.15, -0.1) is 0 Å².